The third-order valence-corrected chi connectivity index (χ3v) is 2.35. The molecule has 0 amide bonds. The highest BCUT2D eigenvalue weighted by Crippen LogP contribution is 2.24. The third-order valence-electron chi connectivity index (χ3n) is 2.35. The molecule has 80 valence electrons. The van der Waals surface area contributed by atoms with Crippen molar-refractivity contribution in [3.63, 3.8) is 0 Å². The van der Waals surface area contributed by atoms with Crippen LogP contribution in [0.1, 0.15) is 6.92 Å². The first-order chi connectivity index (χ1) is 7.42. The largest absolute Gasteiger partial charge is 0.462 e. The Hall–Kier alpha value is -1.48. The maximum absolute atomic E-state index is 5.42. The summed E-state index contributed by atoms with van der Waals surface area (Å²) in [6.07, 6.45) is 1.77. The first-order valence-electron chi connectivity index (χ1n) is 5.32. The van der Waals surface area contributed by atoms with Crippen LogP contribution in [0.25, 0.3) is 11.0 Å². The van der Waals surface area contributed by atoms with E-state index in [1.54, 1.807) is 6.26 Å². The Morgan fingerprint density at radius 2 is 2.07 bits per heavy atom. The van der Waals surface area contributed by atoms with Gasteiger partial charge in [-0.15, -0.1) is 0 Å². The number of benzene rings is 1. The molecule has 0 fully saturated rings. The van der Waals surface area contributed by atoms with E-state index in [0.717, 1.165) is 36.3 Å². The van der Waals surface area contributed by atoms with E-state index in [-0.39, 0.29) is 0 Å². The summed E-state index contributed by atoms with van der Waals surface area (Å²) in [5, 5.41) is 7.76. The highest BCUT2D eigenvalue weighted by Gasteiger charge is 2.02. The second-order valence-electron chi connectivity index (χ2n) is 3.43. The van der Waals surface area contributed by atoms with E-state index < -0.39 is 0 Å². The number of rotatable bonds is 5. The Morgan fingerprint density at radius 3 is 2.93 bits per heavy atom. The predicted octanol–water partition coefficient (Wildman–Crippen LogP) is 2.45. The second-order valence-corrected chi connectivity index (χ2v) is 3.43. The molecule has 0 atom stereocenters. The summed E-state index contributed by atoms with van der Waals surface area (Å²) in [5.74, 6) is 0. The van der Waals surface area contributed by atoms with E-state index >= 15 is 0 Å². The fourth-order valence-electron chi connectivity index (χ4n) is 1.58. The normalized spacial score (nSPS) is 10.7. The zero-order valence-electron chi connectivity index (χ0n) is 8.92. The molecule has 0 saturated carbocycles. The average Bonchev–Trinajstić information content (AvgIpc) is 2.68. The Balaban J connectivity index is 2.02. The van der Waals surface area contributed by atoms with Gasteiger partial charge in [0.1, 0.15) is 11.8 Å². The Labute approximate surface area is 89.5 Å². The first-order valence-corrected chi connectivity index (χ1v) is 5.32. The van der Waals surface area contributed by atoms with Crippen molar-refractivity contribution >= 4 is 16.7 Å². The van der Waals surface area contributed by atoms with Crippen molar-refractivity contribution in [1.82, 2.24) is 5.32 Å². The fourth-order valence-corrected chi connectivity index (χ4v) is 1.58. The van der Waals surface area contributed by atoms with Crippen LogP contribution in [-0.2, 0) is 0 Å². The van der Waals surface area contributed by atoms with Gasteiger partial charge in [0, 0.05) is 18.5 Å². The zero-order valence-corrected chi connectivity index (χ0v) is 8.92. The van der Waals surface area contributed by atoms with Gasteiger partial charge in [0.2, 0.25) is 0 Å². The summed E-state index contributed by atoms with van der Waals surface area (Å²) in [7, 11) is 0. The molecule has 0 aliphatic rings. The molecular formula is C12H16N2O. The Kier molecular flexibility index (Phi) is 3.25. The first kappa shape index (κ1) is 10.1. The molecule has 3 nitrogen and oxygen atoms in total. The van der Waals surface area contributed by atoms with Gasteiger partial charge in [-0.05, 0) is 18.7 Å². The highest BCUT2D eigenvalue weighted by molar-refractivity contribution is 5.90. The lowest BCUT2D eigenvalue weighted by Gasteiger charge is -2.03. The smallest absolute Gasteiger partial charge is 0.136 e. The maximum atomic E-state index is 5.42. The predicted molar refractivity (Wildman–Crippen MR) is 63.2 cm³/mol. The van der Waals surface area contributed by atoms with E-state index in [4.69, 9.17) is 4.42 Å². The minimum atomic E-state index is 0.914. The second kappa shape index (κ2) is 4.84. The van der Waals surface area contributed by atoms with Crippen molar-refractivity contribution < 1.29 is 4.42 Å². The molecular weight excluding hydrogens is 188 g/mol. The molecule has 2 rings (SSSR count). The van der Waals surface area contributed by atoms with Crippen LogP contribution in [0.3, 0.4) is 0 Å². The van der Waals surface area contributed by atoms with Crippen molar-refractivity contribution in [2.75, 3.05) is 25.0 Å². The van der Waals surface area contributed by atoms with Crippen molar-refractivity contribution in [1.29, 1.82) is 0 Å². The van der Waals surface area contributed by atoms with Crippen LogP contribution in [-0.4, -0.2) is 19.6 Å². The van der Waals surface area contributed by atoms with Gasteiger partial charge < -0.3 is 15.1 Å². The number of nitrogens with one attached hydrogen (secondary N) is 2. The van der Waals surface area contributed by atoms with Crippen LogP contribution >= 0.6 is 0 Å². The van der Waals surface area contributed by atoms with Crippen molar-refractivity contribution in [2.24, 2.45) is 0 Å². The summed E-state index contributed by atoms with van der Waals surface area (Å²) >= 11 is 0. The van der Waals surface area contributed by atoms with Crippen molar-refractivity contribution in [3.05, 3.63) is 30.5 Å². The minimum absolute atomic E-state index is 0.914. The van der Waals surface area contributed by atoms with Crippen LogP contribution in [0, 0.1) is 0 Å². The lowest BCUT2D eigenvalue weighted by atomic mass is 10.2. The number of likely N-dealkylation sites (N-methyl/N-ethyl adjacent to an activating group) is 1. The van der Waals surface area contributed by atoms with Crippen LogP contribution in [0.5, 0.6) is 0 Å². The van der Waals surface area contributed by atoms with Crippen molar-refractivity contribution in [2.45, 2.75) is 6.92 Å². The van der Waals surface area contributed by atoms with Gasteiger partial charge in [-0.25, -0.2) is 0 Å². The molecule has 0 bridgehead atoms. The molecule has 0 radical (unpaired) electrons. The summed E-state index contributed by atoms with van der Waals surface area (Å²) in [6.45, 7) is 4.99. The minimum Gasteiger partial charge on any atom is -0.462 e. The number of hydrogen-bond donors (Lipinski definition) is 2. The molecule has 0 aliphatic heterocycles. The number of fused-ring (bicyclic) bond motifs is 1. The van der Waals surface area contributed by atoms with Gasteiger partial charge in [0.15, 0.2) is 0 Å². The Morgan fingerprint density at radius 1 is 1.20 bits per heavy atom. The van der Waals surface area contributed by atoms with Crippen LogP contribution in [0.2, 0.25) is 0 Å². The number of hydrogen-bond acceptors (Lipinski definition) is 3. The lowest BCUT2D eigenvalue weighted by Crippen LogP contribution is -2.21. The maximum Gasteiger partial charge on any atom is 0.136 e. The molecule has 1 aromatic heterocycles. The van der Waals surface area contributed by atoms with Gasteiger partial charge in [-0.3, -0.25) is 0 Å². The van der Waals surface area contributed by atoms with E-state index in [9.17, 15) is 0 Å². The SMILES string of the molecule is CCNCCNc1coc2ccccc12. The summed E-state index contributed by atoms with van der Waals surface area (Å²) < 4.78 is 5.42. The van der Waals surface area contributed by atoms with E-state index in [1.807, 2.05) is 18.2 Å². The fraction of sp³-hybridized carbons (Fsp3) is 0.333. The monoisotopic (exact) mass is 204 g/mol. The van der Waals surface area contributed by atoms with E-state index in [0.29, 0.717) is 0 Å². The van der Waals surface area contributed by atoms with Gasteiger partial charge in [-0.1, -0.05) is 19.1 Å². The molecule has 3 heteroatoms. The zero-order chi connectivity index (χ0) is 10.5. The molecule has 0 unspecified atom stereocenters. The molecule has 15 heavy (non-hydrogen) atoms. The molecule has 0 saturated heterocycles. The number of furan rings is 1. The molecule has 1 aromatic carbocycles. The molecule has 0 spiro atoms. The van der Waals surface area contributed by atoms with E-state index in [1.165, 1.54) is 0 Å². The topological polar surface area (TPSA) is 37.2 Å². The molecule has 2 N–H and O–H groups in total. The molecule has 2 aromatic rings. The summed E-state index contributed by atoms with van der Waals surface area (Å²) in [6, 6.07) is 8.04. The van der Waals surface area contributed by atoms with Gasteiger partial charge >= 0.3 is 0 Å². The molecule has 0 aliphatic carbocycles. The van der Waals surface area contributed by atoms with Crippen LogP contribution in [0.4, 0.5) is 5.69 Å². The summed E-state index contributed by atoms with van der Waals surface area (Å²) in [5.41, 5.74) is 2.01. The van der Waals surface area contributed by atoms with E-state index in [2.05, 4.69) is 23.6 Å². The number of anilines is 1. The van der Waals surface area contributed by atoms with Crippen LogP contribution < -0.4 is 10.6 Å². The van der Waals surface area contributed by atoms with Gasteiger partial charge in [0.25, 0.3) is 0 Å². The quantitative estimate of drug-likeness (QED) is 0.735. The van der Waals surface area contributed by atoms with Gasteiger partial charge in [0.05, 0.1) is 5.69 Å². The van der Waals surface area contributed by atoms with Crippen LogP contribution in [0.15, 0.2) is 34.9 Å². The lowest BCUT2D eigenvalue weighted by molar-refractivity contribution is 0.616. The highest BCUT2D eigenvalue weighted by atomic mass is 16.3. The summed E-state index contributed by atoms with van der Waals surface area (Å²) in [4.78, 5) is 0. The number of para-hydroxylation sites is 1. The average molecular weight is 204 g/mol. The molecule has 1 heterocycles. The van der Waals surface area contributed by atoms with Gasteiger partial charge in [-0.2, -0.15) is 0 Å². The Bertz CT molecular complexity index is 422. The third kappa shape index (κ3) is 2.30. The van der Waals surface area contributed by atoms with Crippen molar-refractivity contribution in [3.8, 4) is 0 Å². The standard InChI is InChI=1S/C12H16N2O/c1-2-13-7-8-14-11-9-15-12-6-4-3-5-10(11)12/h3-6,9,13-14H,2,7-8H2,1H3.